The molecule has 0 radical (unpaired) electrons. The molecule has 5 nitrogen and oxygen atoms in total. The zero-order valence-corrected chi connectivity index (χ0v) is 14.1. The first kappa shape index (κ1) is 15.5. The van der Waals surface area contributed by atoms with Crippen LogP contribution in [0.15, 0.2) is 60.4 Å². The van der Waals surface area contributed by atoms with Crippen LogP contribution in [0.2, 0.25) is 5.02 Å². The molecule has 25 heavy (non-hydrogen) atoms. The number of hydrogen-bond acceptors (Lipinski definition) is 2. The Labute approximate surface area is 149 Å². The predicted octanol–water partition coefficient (Wildman–Crippen LogP) is 3.93. The van der Waals surface area contributed by atoms with Crippen molar-refractivity contribution in [2.45, 2.75) is 0 Å². The summed E-state index contributed by atoms with van der Waals surface area (Å²) in [6.45, 7) is 0. The fourth-order valence-corrected chi connectivity index (χ4v) is 3.21. The second-order valence-corrected chi connectivity index (χ2v) is 6.26. The third-order valence-corrected chi connectivity index (χ3v) is 4.41. The molecule has 1 saturated heterocycles. The molecular weight excluding hydrogens is 338 g/mol. The SMILES string of the molecule is Cn1cc(C=C2NC(=O)N(c3cccc(Cl)c3)C2=O)c2ccccc21. The van der Waals surface area contributed by atoms with Crippen LogP contribution in [0.4, 0.5) is 10.5 Å². The van der Waals surface area contributed by atoms with Gasteiger partial charge in [-0.2, -0.15) is 0 Å². The Morgan fingerprint density at radius 1 is 1.08 bits per heavy atom. The number of carbonyl (C=O) groups excluding carboxylic acids is 2. The van der Waals surface area contributed by atoms with Crippen LogP contribution in [-0.2, 0) is 11.8 Å². The van der Waals surface area contributed by atoms with E-state index in [9.17, 15) is 9.59 Å². The number of hydrogen-bond donors (Lipinski definition) is 1. The number of benzene rings is 2. The van der Waals surface area contributed by atoms with Crippen molar-refractivity contribution in [3.63, 3.8) is 0 Å². The van der Waals surface area contributed by atoms with Gasteiger partial charge in [0.2, 0.25) is 0 Å². The van der Waals surface area contributed by atoms with Crippen LogP contribution in [0.3, 0.4) is 0 Å². The molecule has 6 heteroatoms. The number of para-hydroxylation sites is 1. The fourth-order valence-electron chi connectivity index (χ4n) is 3.03. The standard InChI is InChI=1S/C19H14ClN3O2/c1-22-11-12(15-7-2-3-8-17(15)22)9-16-18(24)23(19(25)21-16)14-6-4-5-13(20)10-14/h2-11H,1H3,(H,21,25). The zero-order valence-electron chi connectivity index (χ0n) is 13.4. The molecule has 2 aromatic carbocycles. The molecule has 0 spiro atoms. The van der Waals surface area contributed by atoms with E-state index < -0.39 is 11.9 Å². The van der Waals surface area contributed by atoms with Gasteiger partial charge in [0.25, 0.3) is 5.91 Å². The molecule has 1 aromatic heterocycles. The summed E-state index contributed by atoms with van der Waals surface area (Å²) in [4.78, 5) is 26.1. The lowest BCUT2D eigenvalue weighted by atomic mass is 10.1. The van der Waals surface area contributed by atoms with Crippen LogP contribution < -0.4 is 10.2 Å². The summed E-state index contributed by atoms with van der Waals surface area (Å²) in [7, 11) is 1.94. The molecule has 2 heterocycles. The van der Waals surface area contributed by atoms with Crippen molar-refractivity contribution in [2.75, 3.05) is 4.90 Å². The van der Waals surface area contributed by atoms with Crippen molar-refractivity contribution in [3.05, 3.63) is 71.0 Å². The number of rotatable bonds is 2. The second kappa shape index (κ2) is 5.79. The molecule has 4 rings (SSSR count). The summed E-state index contributed by atoms with van der Waals surface area (Å²) in [5, 5.41) is 4.12. The number of imide groups is 1. The first-order valence-corrected chi connectivity index (χ1v) is 8.09. The van der Waals surface area contributed by atoms with E-state index in [0.29, 0.717) is 10.7 Å². The molecule has 0 atom stereocenters. The van der Waals surface area contributed by atoms with Gasteiger partial charge in [-0.05, 0) is 30.3 Å². The molecular formula is C19H14ClN3O2. The molecule has 0 aliphatic carbocycles. The maximum absolute atomic E-state index is 12.7. The van der Waals surface area contributed by atoms with Gasteiger partial charge >= 0.3 is 6.03 Å². The Morgan fingerprint density at radius 3 is 2.68 bits per heavy atom. The highest BCUT2D eigenvalue weighted by molar-refractivity contribution is 6.32. The lowest BCUT2D eigenvalue weighted by molar-refractivity contribution is -0.113. The van der Waals surface area contributed by atoms with E-state index in [4.69, 9.17) is 11.6 Å². The van der Waals surface area contributed by atoms with E-state index in [0.717, 1.165) is 21.4 Å². The monoisotopic (exact) mass is 351 g/mol. The summed E-state index contributed by atoms with van der Waals surface area (Å²) in [5.41, 5.74) is 2.60. The highest BCUT2D eigenvalue weighted by Gasteiger charge is 2.35. The number of urea groups is 1. The van der Waals surface area contributed by atoms with Crippen molar-refractivity contribution in [2.24, 2.45) is 7.05 Å². The molecule has 0 bridgehead atoms. The van der Waals surface area contributed by atoms with E-state index in [1.54, 1.807) is 30.3 Å². The van der Waals surface area contributed by atoms with Crippen LogP contribution in [0, 0.1) is 0 Å². The van der Waals surface area contributed by atoms with Crippen molar-refractivity contribution in [1.29, 1.82) is 0 Å². The van der Waals surface area contributed by atoms with Gasteiger partial charge in [0.05, 0.1) is 5.69 Å². The quantitative estimate of drug-likeness (QED) is 0.562. The Balaban J connectivity index is 1.75. The Kier molecular flexibility index (Phi) is 3.58. The minimum atomic E-state index is -0.487. The molecule has 1 fully saturated rings. The molecule has 1 N–H and O–H groups in total. The highest BCUT2D eigenvalue weighted by Crippen LogP contribution is 2.27. The van der Waals surface area contributed by atoms with Gasteiger partial charge in [-0.1, -0.05) is 35.9 Å². The van der Waals surface area contributed by atoms with Crippen molar-refractivity contribution in [1.82, 2.24) is 9.88 Å². The fraction of sp³-hybridized carbons (Fsp3) is 0.0526. The minimum absolute atomic E-state index is 0.237. The summed E-state index contributed by atoms with van der Waals surface area (Å²) in [6, 6.07) is 14.0. The van der Waals surface area contributed by atoms with E-state index in [1.165, 1.54) is 0 Å². The average Bonchev–Trinajstić information content (AvgIpc) is 3.05. The summed E-state index contributed by atoms with van der Waals surface area (Å²) in [5.74, 6) is -0.403. The first-order valence-electron chi connectivity index (χ1n) is 7.71. The summed E-state index contributed by atoms with van der Waals surface area (Å²) < 4.78 is 1.98. The van der Waals surface area contributed by atoms with Crippen LogP contribution >= 0.6 is 11.6 Å². The molecule has 3 aromatic rings. The third-order valence-electron chi connectivity index (χ3n) is 4.17. The number of nitrogens with zero attached hydrogens (tertiary/aromatic N) is 2. The predicted molar refractivity (Wildman–Crippen MR) is 98.4 cm³/mol. The van der Waals surface area contributed by atoms with Gasteiger partial charge in [-0.15, -0.1) is 0 Å². The molecule has 1 aliphatic heterocycles. The van der Waals surface area contributed by atoms with E-state index in [2.05, 4.69) is 5.32 Å². The van der Waals surface area contributed by atoms with Crippen LogP contribution in [0.1, 0.15) is 5.56 Å². The van der Waals surface area contributed by atoms with Crippen LogP contribution in [0.25, 0.3) is 17.0 Å². The van der Waals surface area contributed by atoms with Crippen LogP contribution in [-0.4, -0.2) is 16.5 Å². The van der Waals surface area contributed by atoms with Crippen LogP contribution in [0.5, 0.6) is 0 Å². The maximum Gasteiger partial charge on any atom is 0.333 e. The Bertz CT molecular complexity index is 1050. The molecule has 124 valence electrons. The normalized spacial score (nSPS) is 16.1. The molecule has 0 saturated carbocycles. The summed E-state index contributed by atoms with van der Waals surface area (Å²) in [6.07, 6.45) is 3.63. The van der Waals surface area contributed by atoms with Crippen molar-refractivity contribution >= 4 is 46.2 Å². The second-order valence-electron chi connectivity index (χ2n) is 5.82. The van der Waals surface area contributed by atoms with E-state index in [-0.39, 0.29) is 5.70 Å². The third kappa shape index (κ3) is 2.58. The van der Waals surface area contributed by atoms with Gasteiger partial charge < -0.3 is 9.88 Å². The molecule has 1 aliphatic rings. The number of aromatic nitrogens is 1. The molecule has 0 unspecified atom stereocenters. The number of fused-ring (bicyclic) bond motifs is 1. The number of carbonyl (C=O) groups is 2. The Morgan fingerprint density at radius 2 is 1.88 bits per heavy atom. The maximum atomic E-state index is 12.7. The van der Waals surface area contributed by atoms with Gasteiger partial charge in [0.1, 0.15) is 5.70 Å². The van der Waals surface area contributed by atoms with Gasteiger partial charge in [0, 0.05) is 34.7 Å². The topological polar surface area (TPSA) is 54.3 Å². The highest BCUT2D eigenvalue weighted by atomic mass is 35.5. The lowest BCUT2D eigenvalue weighted by Gasteiger charge is -2.11. The zero-order chi connectivity index (χ0) is 17.6. The van der Waals surface area contributed by atoms with Crippen molar-refractivity contribution in [3.8, 4) is 0 Å². The van der Waals surface area contributed by atoms with Crippen molar-refractivity contribution < 1.29 is 9.59 Å². The number of nitrogens with one attached hydrogen (secondary N) is 1. The number of amides is 3. The first-order chi connectivity index (χ1) is 12.0. The molecule has 3 amide bonds. The van der Waals surface area contributed by atoms with Gasteiger partial charge in [-0.25, -0.2) is 9.69 Å². The smallest absolute Gasteiger partial charge is 0.333 e. The number of aryl methyl sites for hydroxylation is 1. The Hall–Kier alpha value is -3.05. The summed E-state index contributed by atoms with van der Waals surface area (Å²) >= 11 is 5.97. The number of anilines is 1. The van der Waals surface area contributed by atoms with E-state index in [1.807, 2.05) is 42.1 Å². The minimum Gasteiger partial charge on any atom is -0.350 e. The lowest BCUT2D eigenvalue weighted by Crippen LogP contribution is -2.30. The largest absolute Gasteiger partial charge is 0.350 e. The van der Waals surface area contributed by atoms with Gasteiger partial charge in [0.15, 0.2) is 0 Å². The van der Waals surface area contributed by atoms with Gasteiger partial charge in [-0.3, -0.25) is 4.79 Å². The van der Waals surface area contributed by atoms with E-state index >= 15 is 0 Å². The number of halogens is 1. The average molecular weight is 352 g/mol.